The van der Waals surface area contributed by atoms with Gasteiger partial charge in [-0.3, -0.25) is 13.9 Å². The molecule has 2 amide bonds. The van der Waals surface area contributed by atoms with Crippen molar-refractivity contribution < 1.29 is 27.5 Å². The van der Waals surface area contributed by atoms with Crippen molar-refractivity contribution >= 4 is 27.5 Å². The molecular weight excluding hydrogens is 554 g/mol. The Balaban J connectivity index is 2.12. The highest BCUT2D eigenvalue weighted by molar-refractivity contribution is 7.92. The van der Waals surface area contributed by atoms with E-state index in [9.17, 15) is 18.0 Å². The standard InChI is InChI=1S/C32H41N3O6S/c1-7-19-33-32(37)28(8-2)34(21-25-12-10-9-11-24(25)4)31(36)22-35(26-15-18-29(40-5)30(20-26)41-6)42(38,39)27-16-13-23(3)14-17-27/h9-18,20,28H,7-8,19,21-22H2,1-6H3,(H,33,37)/t28-/m1/s1. The number of amides is 2. The Hall–Kier alpha value is -4.05. The molecule has 3 rings (SSSR count). The molecule has 0 aliphatic carbocycles. The Morgan fingerprint density at radius 3 is 2.17 bits per heavy atom. The van der Waals surface area contributed by atoms with E-state index in [1.165, 1.54) is 37.3 Å². The monoisotopic (exact) mass is 595 g/mol. The van der Waals surface area contributed by atoms with Crippen LogP contribution < -0.4 is 19.1 Å². The molecule has 0 aliphatic rings. The fourth-order valence-corrected chi connectivity index (χ4v) is 6.01. The minimum absolute atomic E-state index is 0.0360. The topological polar surface area (TPSA) is 105 Å². The number of benzene rings is 3. The molecule has 0 unspecified atom stereocenters. The van der Waals surface area contributed by atoms with Gasteiger partial charge in [0.05, 0.1) is 24.8 Å². The van der Waals surface area contributed by atoms with Gasteiger partial charge in [-0.25, -0.2) is 8.42 Å². The number of ether oxygens (including phenoxy) is 2. The van der Waals surface area contributed by atoms with Gasteiger partial charge in [-0.05, 0) is 62.1 Å². The van der Waals surface area contributed by atoms with E-state index in [0.717, 1.165) is 27.4 Å². The maximum Gasteiger partial charge on any atom is 0.264 e. The third kappa shape index (κ3) is 7.61. The minimum Gasteiger partial charge on any atom is -0.493 e. The smallest absolute Gasteiger partial charge is 0.264 e. The zero-order chi connectivity index (χ0) is 30.9. The van der Waals surface area contributed by atoms with Crippen LogP contribution in [0.2, 0.25) is 0 Å². The summed E-state index contributed by atoms with van der Waals surface area (Å²) in [5, 5.41) is 2.90. The number of nitrogens with one attached hydrogen (secondary N) is 1. The molecule has 0 aliphatic heterocycles. The first kappa shape index (κ1) is 32.5. The molecule has 1 N–H and O–H groups in total. The summed E-state index contributed by atoms with van der Waals surface area (Å²) in [7, 11) is -1.26. The summed E-state index contributed by atoms with van der Waals surface area (Å²) in [5.74, 6) is -0.0589. The molecule has 1 atom stereocenters. The van der Waals surface area contributed by atoms with Crippen LogP contribution in [0.3, 0.4) is 0 Å². The van der Waals surface area contributed by atoms with Gasteiger partial charge in [-0.2, -0.15) is 0 Å². The highest BCUT2D eigenvalue weighted by Crippen LogP contribution is 2.34. The largest absolute Gasteiger partial charge is 0.493 e. The van der Waals surface area contributed by atoms with E-state index in [4.69, 9.17) is 9.47 Å². The average Bonchev–Trinajstić information content (AvgIpc) is 2.99. The van der Waals surface area contributed by atoms with Crippen LogP contribution in [0.25, 0.3) is 0 Å². The molecular formula is C32H41N3O6S. The van der Waals surface area contributed by atoms with Crippen molar-refractivity contribution in [2.75, 3.05) is 31.6 Å². The molecule has 3 aromatic carbocycles. The molecule has 9 nitrogen and oxygen atoms in total. The van der Waals surface area contributed by atoms with Crippen LogP contribution in [0.1, 0.15) is 43.4 Å². The molecule has 226 valence electrons. The van der Waals surface area contributed by atoms with Crippen molar-refractivity contribution in [3.05, 3.63) is 83.4 Å². The maximum atomic E-state index is 14.2. The first-order valence-corrected chi connectivity index (χ1v) is 15.4. The first-order valence-electron chi connectivity index (χ1n) is 14.0. The van der Waals surface area contributed by atoms with Crippen molar-refractivity contribution in [3.8, 4) is 11.5 Å². The Labute approximate surface area is 249 Å². The number of hydrogen-bond acceptors (Lipinski definition) is 6. The van der Waals surface area contributed by atoms with Gasteiger partial charge in [0.1, 0.15) is 12.6 Å². The summed E-state index contributed by atoms with van der Waals surface area (Å²) in [5.41, 5.74) is 2.95. The van der Waals surface area contributed by atoms with E-state index in [2.05, 4.69) is 5.32 Å². The predicted molar refractivity (Wildman–Crippen MR) is 164 cm³/mol. The van der Waals surface area contributed by atoms with Crippen molar-refractivity contribution in [2.24, 2.45) is 0 Å². The fourth-order valence-electron chi connectivity index (χ4n) is 4.60. The molecule has 0 aromatic heterocycles. The number of methoxy groups -OCH3 is 2. The van der Waals surface area contributed by atoms with Gasteiger partial charge >= 0.3 is 0 Å². The van der Waals surface area contributed by atoms with Gasteiger partial charge in [-0.15, -0.1) is 0 Å². The number of carbonyl (C=O) groups excluding carboxylic acids is 2. The van der Waals surface area contributed by atoms with Crippen LogP contribution in [-0.2, 0) is 26.2 Å². The molecule has 0 fully saturated rings. The van der Waals surface area contributed by atoms with E-state index in [1.807, 2.05) is 52.0 Å². The lowest BCUT2D eigenvalue weighted by atomic mass is 10.1. The molecule has 0 saturated carbocycles. The van der Waals surface area contributed by atoms with Crippen LogP contribution in [-0.4, -0.2) is 58.5 Å². The second-order valence-electron chi connectivity index (χ2n) is 10.0. The Morgan fingerprint density at radius 2 is 1.57 bits per heavy atom. The normalized spacial score (nSPS) is 11.9. The summed E-state index contributed by atoms with van der Waals surface area (Å²) in [6, 6.07) is 18.0. The van der Waals surface area contributed by atoms with Crippen LogP contribution in [0.5, 0.6) is 11.5 Å². The molecule has 10 heteroatoms. The van der Waals surface area contributed by atoms with Crippen LogP contribution in [0.15, 0.2) is 71.6 Å². The number of rotatable bonds is 14. The van der Waals surface area contributed by atoms with Gasteiger partial charge in [0.15, 0.2) is 11.5 Å². The number of nitrogens with zero attached hydrogens (tertiary/aromatic N) is 2. The van der Waals surface area contributed by atoms with Crippen LogP contribution in [0, 0.1) is 13.8 Å². The highest BCUT2D eigenvalue weighted by Gasteiger charge is 2.34. The lowest BCUT2D eigenvalue weighted by molar-refractivity contribution is -0.140. The SMILES string of the molecule is CCCNC(=O)[C@@H](CC)N(Cc1ccccc1C)C(=O)CN(c1ccc(OC)c(OC)c1)S(=O)(=O)c1ccc(C)cc1. The summed E-state index contributed by atoms with van der Waals surface area (Å²) in [6.07, 6.45) is 1.10. The third-order valence-corrected chi connectivity index (χ3v) is 8.87. The molecule has 0 heterocycles. The summed E-state index contributed by atoms with van der Waals surface area (Å²) in [4.78, 5) is 29.0. The van der Waals surface area contributed by atoms with E-state index in [1.54, 1.807) is 24.3 Å². The Morgan fingerprint density at radius 1 is 0.905 bits per heavy atom. The van der Waals surface area contributed by atoms with Crippen molar-refractivity contribution in [1.29, 1.82) is 0 Å². The van der Waals surface area contributed by atoms with Crippen molar-refractivity contribution in [2.45, 2.75) is 58.0 Å². The lowest BCUT2D eigenvalue weighted by Crippen LogP contribution is -2.52. The summed E-state index contributed by atoms with van der Waals surface area (Å²) >= 11 is 0. The number of carbonyl (C=O) groups is 2. The van der Waals surface area contributed by atoms with E-state index in [0.29, 0.717) is 24.5 Å². The number of sulfonamides is 1. The lowest BCUT2D eigenvalue weighted by Gasteiger charge is -2.33. The Kier molecular flexibility index (Phi) is 11.4. The summed E-state index contributed by atoms with van der Waals surface area (Å²) in [6.45, 7) is 7.68. The van der Waals surface area contributed by atoms with E-state index >= 15 is 0 Å². The van der Waals surface area contributed by atoms with E-state index < -0.39 is 28.5 Å². The third-order valence-electron chi connectivity index (χ3n) is 7.08. The predicted octanol–water partition coefficient (Wildman–Crippen LogP) is 4.85. The second-order valence-corrected chi connectivity index (χ2v) is 11.9. The van der Waals surface area contributed by atoms with Crippen LogP contribution >= 0.6 is 0 Å². The zero-order valence-electron chi connectivity index (χ0n) is 25.2. The minimum atomic E-state index is -4.20. The van der Waals surface area contributed by atoms with Gasteiger partial charge < -0.3 is 19.7 Å². The van der Waals surface area contributed by atoms with Crippen molar-refractivity contribution in [1.82, 2.24) is 10.2 Å². The second kappa shape index (κ2) is 14.7. The maximum absolute atomic E-state index is 14.2. The number of aryl methyl sites for hydroxylation is 2. The molecule has 0 radical (unpaired) electrons. The van der Waals surface area contributed by atoms with Gasteiger partial charge in [0.2, 0.25) is 11.8 Å². The Bertz CT molecular complexity index is 1470. The fraction of sp³-hybridized carbons (Fsp3) is 0.375. The molecule has 0 saturated heterocycles. The quantitative estimate of drug-likeness (QED) is 0.286. The van der Waals surface area contributed by atoms with Gasteiger partial charge in [-0.1, -0.05) is 55.8 Å². The molecule has 3 aromatic rings. The molecule has 0 bridgehead atoms. The molecule has 42 heavy (non-hydrogen) atoms. The number of anilines is 1. The summed E-state index contributed by atoms with van der Waals surface area (Å²) < 4.78 is 40.0. The van der Waals surface area contributed by atoms with Crippen LogP contribution in [0.4, 0.5) is 5.69 Å². The van der Waals surface area contributed by atoms with Gasteiger partial charge in [0, 0.05) is 19.2 Å². The van der Waals surface area contributed by atoms with E-state index in [-0.39, 0.29) is 23.0 Å². The number of hydrogen-bond donors (Lipinski definition) is 1. The average molecular weight is 596 g/mol. The zero-order valence-corrected chi connectivity index (χ0v) is 26.0. The molecule has 0 spiro atoms. The highest BCUT2D eigenvalue weighted by atomic mass is 32.2. The van der Waals surface area contributed by atoms with Gasteiger partial charge in [0.25, 0.3) is 10.0 Å². The van der Waals surface area contributed by atoms with Crippen molar-refractivity contribution in [3.63, 3.8) is 0 Å². The first-order chi connectivity index (χ1) is 20.1.